The molecule has 0 radical (unpaired) electrons. The number of carboxylic acid groups (broad SMARTS) is 1. The highest BCUT2D eigenvalue weighted by atomic mass is 16.4. The summed E-state index contributed by atoms with van der Waals surface area (Å²) in [6.07, 6.45) is -1.50. The molecule has 5 heteroatoms. The predicted octanol–water partition coefficient (Wildman–Crippen LogP) is -1.85. The van der Waals surface area contributed by atoms with E-state index in [-0.39, 0.29) is 13.0 Å². The largest absolute Gasteiger partial charge is 0.480 e. The van der Waals surface area contributed by atoms with Gasteiger partial charge in [0, 0.05) is 13.0 Å². The number of piperidine rings is 1. The van der Waals surface area contributed by atoms with Gasteiger partial charge < -0.3 is 15.3 Å². The van der Waals surface area contributed by atoms with E-state index in [1.54, 1.807) is 0 Å². The van der Waals surface area contributed by atoms with Crippen molar-refractivity contribution in [3.63, 3.8) is 0 Å². The summed E-state index contributed by atoms with van der Waals surface area (Å²) in [5, 5.41) is 29.1. The van der Waals surface area contributed by atoms with Gasteiger partial charge in [-0.1, -0.05) is 0 Å². The van der Waals surface area contributed by atoms with Crippen LogP contribution in [0.25, 0.3) is 0 Å². The van der Waals surface area contributed by atoms with Crippen LogP contribution >= 0.6 is 0 Å². The molecule has 64 valence electrons. The Morgan fingerprint density at radius 1 is 1.45 bits per heavy atom. The van der Waals surface area contributed by atoms with Gasteiger partial charge in [0.25, 0.3) is 0 Å². The Hall–Kier alpha value is -0.650. The molecule has 11 heavy (non-hydrogen) atoms. The van der Waals surface area contributed by atoms with Crippen LogP contribution in [0.15, 0.2) is 0 Å². The molecule has 1 heterocycles. The minimum Gasteiger partial charge on any atom is -0.480 e. The summed E-state index contributed by atoms with van der Waals surface area (Å²) in [4.78, 5) is 10.4. The second-order valence-corrected chi connectivity index (χ2v) is 2.68. The molecule has 1 aliphatic heterocycles. The van der Waals surface area contributed by atoms with Crippen LogP contribution in [0.1, 0.15) is 6.42 Å². The lowest BCUT2D eigenvalue weighted by Crippen LogP contribution is -2.54. The average Bonchev–Trinajstić information content (AvgIpc) is 1.85. The molecule has 3 atom stereocenters. The number of hydrogen-bond donors (Lipinski definition) is 4. The SMILES string of the molecule is O=C(O)[C@H]1NC[C@H](O)C[C@H]1O. The number of β-amino-alcohol motifs (C(OH)–C–C–N with tert-alkyl or cyclic N) is 1. The molecule has 0 saturated carbocycles. The number of aliphatic hydroxyl groups is 2. The Balaban J connectivity index is 2.50. The number of carboxylic acids is 1. The van der Waals surface area contributed by atoms with Gasteiger partial charge in [-0.25, -0.2) is 0 Å². The zero-order chi connectivity index (χ0) is 8.43. The Morgan fingerprint density at radius 2 is 2.09 bits per heavy atom. The maximum Gasteiger partial charge on any atom is 0.323 e. The maximum atomic E-state index is 10.4. The summed E-state index contributed by atoms with van der Waals surface area (Å²) in [5.74, 6) is -1.08. The zero-order valence-corrected chi connectivity index (χ0v) is 5.90. The van der Waals surface area contributed by atoms with Crippen molar-refractivity contribution in [3.8, 4) is 0 Å². The van der Waals surface area contributed by atoms with Gasteiger partial charge in [-0.3, -0.25) is 10.1 Å². The lowest BCUT2D eigenvalue weighted by atomic mass is 10.00. The minimum atomic E-state index is -1.08. The van der Waals surface area contributed by atoms with Gasteiger partial charge >= 0.3 is 5.97 Å². The number of aliphatic carboxylic acids is 1. The third kappa shape index (κ3) is 1.89. The summed E-state index contributed by atoms with van der Waals surface area (Å²) in [6.45, 7) is 0.230. The van der Waals surface area contributed by atoms with E-state index in [4.69, 9.17) is 15.3 Å². The highest BCUT2D eigenvalue weighted by Crippen LogP contribution is 2.08. The van der Waals surface area contributed by atoms with Gasteiger partial charge in [-0.2, -0.15) is 0 Å². The first kappa shape index (κ1) is 8.45. The molecule has 4 N–H and O–H groups in total. The Labute approximate surface area is 63.7 Å². The molecule has 1 fully saturated rings. The molecule has 1 rings (SSSR count). The van der Waals surface area contributed by atoms with E-state index in [0.29, 0.717) is 0 Å². The van der Waals surface area contributed by atoms with Gasteiger partial charge in [0.2, 0.25) is 0 Å². The van der Waals surface area contributed by atoms with Gasteiger partial charge in [0.1, 0.15) is 6.04 Å². The van der Waals surface area contributed by atoms with Gasteiger partial charge in [-0.05, 0) is 0 Å². The Kier molecular flexibility index (Phi) is 2.43. The molecule has 0 unspecified atom stereocenters. The van der Waals surface area contributed by atoms with Crippen LogP contribution in [0.2, 0.25) is 0 Å². The quantitative estimate of drug-likeness (QED) is 0.362. The van der Waals surface area contributed by atoms with E-state index in [2.05, 4.69) is 5.32 Å². The van der Waals surface area contributed by atoms with Crippen LogP contribution in [0.5, 0.6) is 0 Å². The second-order valence-electron chi connectivity index (χ2n) is 2.68. The first-order valence-electron chi connectivity index (χ1n) is 3.43. The lowest BCUT2D eigenvalue weighted by Gasteiger charge is -2.28. The van der Waals surface area contributed by atoms with Gasteiger partial charge in [0.05, 0.1) is 12.2 Å². The summed E-state index contributed by atoms with van der Waals surface area (Å²) in [6, 6.07) is -0.932. The van der Waals surface area contributed by atoms with Crippen molar-refractivity contribution in [3.05, 3.63) is 0 Å². The van der Waals surface area contributed by atoms with Crippen molar-refractivity contribution in [2.75, 3.05) is 6.54 Å². The van der Waals surface area contributed by atoms with E-state index < -0.39 is 24.2 Å². The molecule has 0 amide bonds. The molecule has 0 bridgehead atoms. The average molecular weight is 161 g/mol. The summed E-state index contributed by atoms with van der Waals surface area (Å²) < 4.78 is 0. The third-order valence-electron chi connectivity index (χ3n) is 1.74. The number of carbonyl (C=O) groups is 1. The van der Waals surface area contributed by atoms with E-state index in [1.807, 2.05) is 0 Å². The molecule has 0 aromatic carbocycles. The first-order chi connectivity index (χ1) is 5.11. The van der Waals surface area contributed by atoms with Crippen LogP contribution in [0, 0.1) is 0 Å². The molecule has 1 aliphatic rings. The van der Waals surface area contributed by atoms with Crippen LogP contribution in [0.4, 0.5) is 0 Å². The van der Waals surface area contributed by atoms with Crippen LogP contribution in [-0.4, -0.2) is 46.1 Å². The monoisotopic (exact) mass is 161 g/mol. The summed E-state index contributed by atoms with van der Waals surface area (Å²) >= 11 is 0. The predicted molar refractivity (Wildman–Crippen MR) is 36.1 cm³/mol. The number of hydrogen-bond acceptors (Lipinski definition) is 4. The summed E-state index contributed by atoms with van der Waals surface area (Å²) in [7, 11) is 0. The molecular formula is C6H11NO4. The smallest absolute Gasteiger partial charge is 0.323 e. The van der Waals surface area contributed by atoms with Gasteiger partial charge in [-0.15, -0.1) is 0 Å². The highest BCUT2D eigenvalue weighted by Gasteiger charge is 2.32. The van der Waals surface area contributed by atoms with E-state index in [0.717, 1.165) is 0 Å². The van der Waals surface area contributed by atoms with Crippen molar-refractivity contribution in [2.24, 2.45) is 0 Å². The molecule has 5 nitrogen and oxygen atoms in total. The first-order valence-corrected chi connectivity index (χ1v) is 3.43. The normalized spacial score (nSPS) is 38.5. The molecule has 0 aromatic heterocycles. The van der Waals surface area contributed by atoms with Crippen molar-refractivity contribution in [2.45, 2.75) is 24.7 Å². The van der Waals surface area contributed by atoms with Crippen molar-refractivity contribution < 1.29 is 20.1 Å². The lowest BCUT2D eigenvalue weighted by molar-refractivity contribution is -0.144. The Bertz CT molecular complexity index is 161. The standard InChI is InChI=1S/C6H11NO4/c8-3-1-4(9)5(6(10)11)7-2-3/h3-5,7-9H,1-2H2,(H,10,11)/t3-,4-,5+/m1/s1. The molecule has 0 aliphatic carbocycles. The fourth-order valence-electron chi connectivity index (χ4n) is 1.15. The highest BCUT2D eigenvalue weighted by molar-refractivity contribution is 5.74. The van der Waals surface area contributed by atoms with Crippen LogP contribution in [-0.2, 0) is 4.79 Å². The van der Waals surface area contributed by atoms with Crippen molar-refractivity contribution in [1.29, 1.82) is 0 Å². The molecule has 0 spiro atoms. The fraction of sp³-hybridized carbons (Fsp3) is 0.833. The number of aliphatic hydroxyl groups excluding tert-OH is 2. The Morgan fingerprint density at radius 3 is 2.55 bits per heavy atom. The van der Waals surface area contributed by atoms with Crippen LogP contribution < -0.4 is 5.32 Å². The molecular weight excluding hydrogens is 150 g/mol. The third-order valence-corrected chi connectivity index (χ3v) is 1.74. The zero-order valence-electron chi connectivity index (χ0n) is 5.90. The van der Waals surface area contributed by atoms with Crippen molar-refractivity contribution >= 4 is 5.97 Å². The number of rotatable bonds is 1. The van der Waals surface area contributed by atoms with Crippen LogP contribution in [0.3, 0.4) is 0 Å². The van der Waals surface area contributed by atoms with Crippen molar-refractivity contribution in [1.82, 2.24) is 5.32 Å². The fourth-order valence-corrected chi connectivity index (χ4v) is 1.15. The van der Waals surface area contributed by atoms with E-state index in [1.165, 1.54) is 0 Å². The summed E-state index contributed by atoms with van der Waals surface area (Å²) in [5.41, 5.74) is 0. The number of nitrogens with one attached hydrogen (secondary N) is 1. The molecule has 0 aromatic rings. The molecule has 1 saturated heterocycles. The van der Waals surface area contributed by atoms with E-state index >= 15 is 0 Å². The van der Waals surface area contributed by atoms with Gasteiger partial charge in [0.15, 0.2) is 0 Å². The minimum absolute atomic E-state index is 0.129. The topological polar surface area (TPSA) is 89.8 Å². The van der Waals surface area contributed by atoms with E-state index in [9.17, 15) is 4.79 Å². The maximum absolute atomic E-state index is 10.4. The second kappa shape index (κ2) is 3.17.